The zero-order valence-electron chi connectivity index (χ0n) is 11.3. The fourth-order valence-electron chi connectivity index (χ4n) is 2.20. The first-order chi connectivity index (χ1) is 9.73. The zero-order chi connectivity index (χ0) is 15.8. The number of nitrogens with two attached hydrogens (primary N) is 1. The van der Waals surface area contributed by atoms with Gasteiger partial charge in [-0.05, 0) is 12.1 Å². The molecule has 0 spiro atoms. The average molecular weight is 352 g/mol. The van der Waals surface area contributed by atoms with Crippen LogP contribution in [0.3, 0.4) is 0 Å². The van der Waals surface area contributed by atoms with Crippen LogP contribution in [-0.2, 0) is 14.8 Å². The highest BCUT2D eigenvalue weighted by Gasteiger charge is 2.32. The van der Waals surface area contributed by atoms with Crippen LogP contribution < -0.4 is 5.73 Å². The molecule has 2 rings (SSSR count). The Kier molecular flexibility index (Phi) is 4.67. The van der Waals surface area contributed by atoms with E-state index < -0.39 is 10.0 Å². The normalized spacial score (nSPS) is 17.0. The van der Waals surface area contributed by atoms with Gasteiger partial charge < -0.3 is 10.6 Å². The Bertz CT molecular complexity index is 647. The quantitative estimate of drug-likeness (QED) is 0.816. The van der Waals surface area contributed by atoms with Gasteiger partial charge in [-0.1, -0.05) is 23.2 Å². The number of carbonyl (C=O) groups excluding carboxylic acids is 1. The Morgan fingerprint density at radius 2 is 1.62 bits per heavy atom. The third-order valence-corrected chi connectivity index (χ3v) is 6.12. The lowest BCUT2D eigenvalue weighted by Crippen LogP contribution is -2.50. The van der Waals surface area contributed by atoms with E-state index in [1.165, 1.54) is 23.4 Å². The Morgan fingerprint density at radius 1 is 1.14 bits per heavy atom. The summed E-state index contributed by atoms with van der Waals surface area (Å²) >= 11 is 12.0. The second kappa shape index (κ2) is 6.00. The maximum absolute atomic E-state index is 12.6. The molecule has 2 N–H and O–H groups in total. The molecule has 116 valence electrons. The van der Waals surface area contributed by atoms with Gasteiger partial charge in [0.15, 0.2) is 0 Å². The van der Waals surface area contributed by atoms with E-state index in [2.05, 4.69) is 0 Å². The van der Waals surface area contributed by atoms with Gasteiger partial charge in [-0.15, -0.1) is 0 Å². The van der Waals surface area contributed by atoms with E-state index in [0.29, 0.717) is 18.8 Å². The first-order valence-electron chi connectivity index (χ1n) is 6.23. The second-order valence-electron chi connectivity index (χ2n) is 4.72. The zero-order valence-corrected chi connectivity index (χ0v) is 13.7. The molecular formula is C12H15Cl2N3O3S. The number of hydrogen-bond donors (Lipinski definition) is 1. The highest BCUT2D eigenvalue weighted by molar-refractivity contribution is 7.89. The number of nitrogens with zero attached hydrogens (tertiary/aromatic N) is 2. The van der Waals surface area contributed by atoms with Crippen molar-refractivity contribution < 1.29 is 13.2 Å². The molecule has 0 aliphatic carbocycles. The van der Waals surface area contributed by atoms with Crippen molar-refractivity contribution in [2.75, 3.05) is 31.9 Å². The molecule has 0 aromatic heterocycles. The van der Waals surface area contributed by atoms with Gasteiger partial charge in [0, 0.05) is 38.8 Å². The summed E-state index contributed by atoms with van der Waals surface area (Å²) in [7, 11) is -3.81. The molecule has 1 aromatic rings. The number of carbonyl (C=O) groups is 1. The summed E-state index contributed by atoms with van der Waals surface area (Å²) < 4.78 is 26.5. The van der Waals surface area contributed by atoms with Gasteiger partial charge in [0.2, 0.25) is 15.9 Å². The minimum absolute atomic E-state index is 0.00556. The maximum atomic E-state index is 12.6. The summed E-state index contributed by atoms with van der Waals surface area (Å²) in [5.74, 6) is -0.0735. The molecule has 0 unspecified atom stereocenters. The molecule has 1 amide bonds. The van der Waals surface area contributed by atoms with Crippen LogP contribution >= 0.6 is 23.2 Å². The summed E-state index contributed by atoms with van der Waals surface area (Å²) in [5.41, 5.74) is 5.88. The molecule has 0 radical (unpaired) electrons. The van der Waals surface area contributed by atoms with Crippen LogP contribution in [0.25, 0.3) is 0 Å². The van der Waals surface area contributed by atoms with Crippen LogP contribution in [0.5, 0.6) is 0 Å². The van der Waals surface area contributed by atoms with Crippen LogP contribution in [0.2, 0.25) is 10.0 Å². The Labute approximate surface area is 133 Å². The Balaban J connectivity index is 2.30. The summed E-state index contributed by atoms with van der Waals surface area (Å²) in [6.45, 7) is 2.56. The lowest BCUT2D eigenvalue weighted by atomic mass is 10.3. The van der Waals surface area contributed by atoms with Gasteiger partial charge >= 0.3 is 0 Å². The van der Waals surface area contributed by atoms with Crippen molar-refractivity contribution in [3.63, 3.8) is 0 Å². The molecule has 1 saturated heterocycles. The number of hydrogen-bond acceptors (Lipinski definition) is 4. The predicted octanol–water partition coefficient (Wildman–Crippen LogP) is 1.43. The van der Waals surface area contributed by atoms with Crippen molar-refractivity contribution in [1.29, 1.82) is 0 Å². The SMILES string of the molecule is CC(=O)N1CCN(S(=O)(=O)c2c(Cl)cc(N)cc2Cl)CC1. The van der Waals surface area contributed by atoms with Crippen molar-refractivity contribution in [3.8, 4) is 0 Å². The van der Waals surface area contributed by atoms with Gasteiger partial charge in [0.1, 0.15) is 4.90 Å². The first kappa shape index (κ1) is 16.4. The lowest BCUT2D eigenvalue weighted by molar-refractivity contribution is -0.129. The summed E-state index contributed by atoms with van der Waals surface area (Å²) in [4.78, 5) is 12.7. The molecule has 1 aliphatic rings. The molecule has 1 fully saturated rings. The van der Waals surface area contributed by atoms with E-state index in [0.717, 1.165) is 0 Å². The second-order valence-corrected chi connectivity index (χ2v) is 7.41. The van der Waals surface area contributed by atoms with E-state index in [4.69, 9.17) is 28.9 Å². The molecule has 1 aromatic carbocycles. The van der Waals surface area contributed by atoms with E-state index in [9.17, 15) is 13.2 Å². The fourth-order valence-corrected chi connectivity index (χ4v) is 4.80. The van der Waals surface area contributed by atoms with Gasteiger partial charge in [-0.25, -0.2) is 8.42 Å². The molecule has 21 heavy (non-hydrogen) atoms. The average Bonchev–Trinajstić information content (AvgIpc) is 2.37. The third kappa shape index (κ3) is 3.26. The number of amides is 1. The summed E-state index contributed by atoms with van der Waals surface area (Å²) in [5, 5.41) is -0.0111. The van der Waals surface area contributed by atoms with Crippen molar-refractivity contribution in [1.82, 2.24) is 9.21 Å². The van der Waals surface area contributed by atoms with Crippen molar-refractivity contribution >= 4 is 44.8 Å². The molecule has 1 aliphatic heterocycles. The van der Waals surface area contributed by atoms with Crippen LogP contribution in [0, 0.1) is 0 Å². The highest BCUT2D eigenvalue weighted by atomic mass is 35.5. The number of benzene rings is 1. The Morgan fingerprint density at radius 3 is 2.05 bits per heavy atom. The standard InChI is InChI=1S/C12H15Cl2N3O3S/c1-8(18)16-2-4-17(5-3-16)21(19,20)12-10(13)6-9(15)7-11(12)14/h6-7H,2-5,15H2,1H3. The molecule has 6 nitrogen and oxygen atoms in total. The van der Waals surface area contributed by atoms with Crippen molar-refractivity contribution in [3.05, 3.63) is 22.2 Å². The van der Waals surface area contributed by atoms with Crippen LogP contribution in [0.4, 0.5) is 5.69 Å². The van der Waals surface area contributed by atoms with Gasteiger partial charge in [0.25, 0.3) is 0 Å². The number of halogens is 2. The summed E-state index contributed by atoms with van der Waals surface area (Å²) in [6, 6.07) is 2.71. The molecule has 0 saturated carbocycles. The van der Waals surface area contributed by atoms with Gasteiger partial charge in [-0.3, -0.25) is 4.79 Å². The predicted molar refractivity (Wildman–Crippen MR) is 81.9 cm³/mol. The van der Waals surface area contributed by atoms with Crippen LogP contribution in [0.1, 0.15) is 6.92 Å². The minimum Gasteiger partial charge on any atom is -0.399 e. The number of rotatable bonds is 2. The molecule has 9 heteroatoms. The number of nitrogen functional groups attached to an aromatic ring is 1. The summed E-state index contributed by atoms with van der Waals surface area (Å²) in [6.07, 6.45) is 0. The molecular weight excluding hydrogens is 337 g/mol. The van der Waals surface area contributed by atoms with Crippen LogP contribution in [0.15, 0.2) is 17.0 Å². The van der Waals surface area contributed by atoms with Crippen molar-refractivity contribution in [2.24, 2.45) is 0 Å². The number of anilines is 1. The lowest BCUT2D eigenvalue weighted by Gasteiger charge is -2.33. The third-order valence-electron chi connectivity index (χ3n) is 3.30. The smallest absolute Gasteiger partial charge is 0.246 e. The molecule has 1 heterocycles. The highest BCUT2D eigenvalue weighted by Crippen LogP contribution is 2.34. The van der Waals surface area contributed by atoms with E-state index >= 15 is 0 Å². The van der Waals surface area contributed by atoms with E-state index in [1.54, 1.807) is 4.90 Å². The number of piperazine rings is 1. The minimum atomic E-state index is -3.81. The Hall–Kier alpha value is -1.02. The number of sulfonamides is 1. The maximum Gasteiger partial charge on any atom is 0.246 e. The largest absolute Gasteiger partial charge is 0.399 e. The van der Waals surface area contributed by atoms with E-state index in [1.807, 2.05) is 0 Å². The van der Waals surface area contributed by atoms with E-state index in [-0.39, 0.29) is 33.9 Å². The first-order valence-corrected chi connectivity index (χ1v) is 8.43. The molecule has 0 atom stereocenters. The molecule has 0 bridgehead atoms. The van der Waals surface area contributed by atoms with Crippen LogP contribution in [-0.4, -0.2) is 49.7 Å². The fraction of sp³-hybridized carbons (Fsp3) is 0.417. The van der Waals surface area contributed by atoms with Gasteiger partial charge in [0.05, 0.1) is 10.0 Å². The van der Waals surface area contributed by atoms with Crippen molar-refractivity contribution in [2.45, 2.75) is 11.8 Å². The topological polar surface area (TPSA) is 83.7 Å². The van der Waals surface area contributed by atoms with Gasteiger partial charge in [-0.2, -0.15) is 4.31 Å². The monoisotopic (exact) mass is 351 g/mol.